The fourth-order valence-electron chi connectivity index (χ4n) is 2.27. The zero-order valence-electron chi connectivity index (χ0n) is 9.69. The van der Waals surface area contributed by atoms with Gasteiger partial charge in [0.1, 0.15) is 10.7 Å². The minimum absolute atomic E-state index is 0.0234. The molecule has 5 heteroatoms. The molecule has 2 aliphatic carbocycles. The lowest BCUT2D eigenvalue weighted by Gasteiger charge is -2.16. The lowest BCUT2D eigenvalue weighted by Crippen LogP contribution is -2.38. The number of rotatable bonds is 5. The predicted molar refractivity (Wildman–Crippen MR) is 66.7 cm³/mol. The summed E-state index contributed by atoms with van der Waals surface area (Å²) in [4.78, 5) is 16.3. The number of hydrogen-bond donors (Lipinski definition) is 2. The van der Waals surface area contributed by atoms with E-state index >= 15 is 0 Å². The molecule has 0 aromatic carbocycles. The van der Waals surface area contributed by atoms with Crippen LogP contribution in [0.1, 0.15) is 41.2 Å². The topological polar surface area (TPSA) is 68.0 Å². The Morgan fingerprint density at radius 3 is 2.59 bits per heavy atom. The van der Waals surface area contributed by atoms with Crippen molar-refractivity contribution in [2.45, 2.75) is 38.3 Å². The molecule has 1 heterocycles. The Morgan fingerprint density at radius 1 is 1.47 bits per heavy atom. The maximum absolute atomic E-state index is 12.0. The molecule has 92 valence electrons. The normalized spacial score (nSPS) is 19.6. The maximum atomic E-state index is 12.0. The van der Waals surface area contributed by atoms with Crippen LogP contribution in [0.25, 0.3) is 0 Å². The molecule has 2 aliphatic rings. The van der Waals surface area contributed by atoms with Crippen LogP contribution >= 0.6 is 11.3 Å². The van der Waals surface area contributed by atoms with E-state index in [9.17, 15) is 4.79 Å². The van der Waals surface area contributed by atoms with Crippen molar-refractivity contribution < 1.29 is 4.79 Å². The number of thiazole rings is 1. The highest BCUT2D eigenvalue weighted by Gasteiger charge is 2.42. The van der Waals surface area contributed by atoms with Crippen molar-refractivity contribution in [3.8, 4) is 0 Å². The van der Waals surface area contributed by atoms with E-state index in [-0.39, 0.29) is 5.91 Å². The summed E-state index contributed by atoms with van der Waals surface area (Å²) in [7, 11) is 0. The Morgan fingerprint density at radius 2 is 2.12 bits per heavy atom. The minimum atomic E-state index is -0.0234. The quantitative estimate of drug-likeness (QED) is 0.833. The van der Waals surface area contributed by atoms with Crippen LogP contribution in [0.5, 0.6) is 0 Å². The second-order valence-corrected chi connectivity index (χ2v) is 5.95. The molecule has 4 nitrogen and oxygen atoms in total. The van der Waals surface area contributed by atoms with E-state index in [1.807, 2.05) is 0 Å². The van der Waals surface area contributed by atoms with Gasteiger partial charge in [-0.3, -0.25) is 4.79 Å². The standard InChI is InChI=1S/C12H17N3OS/c13-5-10-14-9(6-17-10)12(16)15-11(7-1-2-7)8-3-4-8/h6-8,11H,1-5,13H2,(H,15,16). The van der Waals surface area contributed by atoms with Crippen molar-refractivity contribution >= 4 is 17.2 Å². The Kier molecular flexibility index (Phi) is 2.88. The molecular weight excluding hydrogens is 234 g/mol. The average Bonchev–Trinajstić information content (AvgIpc) is 3.24. The first-order valence-corrected chi connectivity index (χ1v) is 7.11. The summed E-state index contributed by atoms with van der Waals surface area (Å²) in [5.41, 5.74) is 6.03. The summed E-state index contributed by atoms with van der Waals surface area (Å²) >= 11 is 1.46. The Balaban J connectivity index is 1.64. The van der Waals surface area contributed by atoms with Crippen LogP contribution in [0.4, 0.5) is 0 Å². The third-order valence-corrected chi connectivity index (χ3v) is 4.39. The predicted octanol–water partition coefficient (Wildman–Crippen LogP) is 1.52. The highest BCUT2D eigenvalue weighted by atomic mass is 32.1. The van der Waals surface area contributed by atoms with Gasteiger partial charge in [-0.1, -0.05) is 0 Å². The molecule has 0 radical (unpaired) electrons. The molecule has 17 heavy (non-hydrogen) atoms. The zero-order chi connectivity index (χ0) is 11.8. The molecule has 1 aromatic rings. The first kappa shape index (κ1) is 11.2. The average molecular weight is 251 g/mol. The molecule has 0 atom stereocenters. The smallest absolute Gasteiger partial charge is 0.270 e. The number of carbonyl (C=O) groups is 1. The fraction of sp³-hybridized carbons (Fsp3) is 0.667. The third-order valence-electron chi connectivity index (χ3n) is 3.52. The second kappa shape index (κ2) is 4.38. The van der Waals surface area contributed by atoms with Crippen LogP contribution in [-0.2, 0) is 6.54 Å². The fourth-order valence-corrected chi connectivity index (χ4v) is 2.92. The van der Waals surface area contributed by atoms with Crippen molar-refractivity contribution in [3.63, 3.8) is 0 Å². The number of nitrogens with zero attached hydrogens (tertiary/aromatic N) is 1. The molecule has 1 amide bonds. The lowest BCUT2D eigenvalue weighted by molar-refractivity contribution is 0.0922. The van der Waals surface area contributed by atoms with Gasteiger partial charge in [0.25, 0.3) is 5.91 Å². The molecular formula is C12H17N3OS. The molecule has 3 N–H and O–H groups in total. The van der Waals surface area contributed by atoms with Gasteiger partial charge in [0.2, 0.25) is 0 Å². The largest absolute Gasteiger partial charge is 0.347 e. The highest BCUT2D eigenvalue weighted by molar-refractivity contribution is 7.09. The van der Waals surface area contributed by atoms with Crippen molar-refractivity contribution in [3.05, 3.63) is 16.1 Å². The number of hydrogen-bond acceptors (Lipinski definition) is 4. The third kappa shape index (κ3) is 2.50. The molecule has 0 spiro atoms. The van der Waals surface area contributed by atoms with Crippen LogP contribution < -0.4 is 11.1 Å². The number of carbonyl (C=O) groups excluding carboxylic acids is 1. The van der Waals surface area contributed by atoms with E-state index in [1.54, 1.807) is 5.38 Å². The number of amides is 1. The van der Waals surface area contributed by atoms with Crippen molar-refractivity contribution in [1.82, 2.24) is 10.3 Å². The van der Waals surface area contributed by atoms with E-state index in [1.165, 1.54) is 37.0 Å². The van der Waals surface area contributed by atoms with Gasteiger partial charge in [-0.2, -0.15) is 0 Å². The summed E-state index contributed by atoms with van der Waals surface area (Å²) in [5.74, 6) is 1.42. The first-order valence-electron chi connectivity index (χ1n) is 6.23. The molecule has 0 bridgehead atoms. The van der Waals surface area contributed by atoms with E-state index in [0.717, 1.165) is 16.8 Å². The Bertz CT molecular complexity index is 411. The second-order valence-electron chi connectivity index (χ2n) is 5.00. The first-order chi connectivity index (χ1) is 8.28. The molecule has 0 saturated heterocycles. The number of aromatic nitrogens is 1. The van der Waals surface area contributed by atoms with Crippen molar-refractivity contribution in [2.24, 2.45) is 17.6 Å². The molecule has 0 aliphatic heterocycles. The zero-order valence-corrected chi connectivity index (χ0v) is 10.5. The van der Waals surface area contributed by atoms with Crippen LogP contribution in [0.15, 0.2) is 5.38 Å². The van der Waals surface area contributed by atoms with Crippen molar-refractivity contribution in [1.29, 1.82) is 0 Å². The maximum Gasteiger partial charge on any atom is 0.270 e. The number of nitrogens with one attached hydrogen (secondary N) is 1. The minimum Gasteiger partial charge on any atom is -0.347 e. The van der Waals surface area contributed by atoms with Gasteiger partial charge in [0.05, 0.1) is 0 Å². The van der Waals surface area contributed by atoms with Crippen LogP contribution in [-0.4, -0.2) is 16.9 Å². The molecule has 0 unspecified atom stereocenters. The van der Waals surface area contributed by atoms with Crippen LogP contribution in [0.2, 0.25) is 0 Å². The summed E-state index contributed by atoms with van der Waals surface area (Å²) in [6, 6.07) is 0.394. The van der Waals surface area contributed by atoms with Gasteiger partial charge in [-0.25, -0.2) is 4.98 Å². The monoisotopic (exact) mass is 251 g/mol. The Hall–Kier alpha value is -0.940. The van der Waals surface area contributed by atoms with E-state index in [2.05, 4.69) is 10.3 Å². The van der Waals surface area contributed by atoms with E-state index < -0.39 is 0 Å². The number of nitrogens with two attached hydrogens (primary N) is 1. The summed E-state index contributed by atoms with van der Waals surface area (Å²) < 4.78 is 0. The SMILES string of the molecule is NCc1nc(C(=O)NC(C2CC2)C2CC2)cs1. The molecule has 2 saturated carbocycles. The molecule has 1 aromatic heterocycles. The molecule has 2 fully saturated rings. The Labute approximate surface area is 105 Å². The van der Waals surface area contributed by atoms with Gasteiger partial charge in [0.15, 0.2) is 0 Å². The van der Waals surface area contributed by atoms with Crippen LogP contribution in [0.3, 0.4) is 0 Å². The van der Waals surface area contributed by atoms with Gasteiger partial charge in [-0.05, 0) is 37.5 Å². The molecule has 3 rings (SSSR count). The summed E-state index contributed by atoms with van der Waals surface area (Å²) in [5, 5.41) is 5.78. The highest BCUT2D eigenvalue weighted by Crippen LogP contribution is 2.44. The summed E-state index contributed by atoms with van der Waals surface area (Å²) in [6.07, 6.45) is 5.08. The van der Waals surface area contributed by atoms with Crippen LogP contribution in [0, 0.1) is 11.8 Å². The summed E-state index contributed by atoms with van der Waals surface area (Å²) in [6.45, 7) is 0.409. The van der Waals surface area contributed by atoms with Gasteiger partial charge in [0, 0.05) is 18.0 Å². The van der Waals surface area contributed by atoms with E-state index in [0.29, 0.717) is 18.3 Å². The van der Waals surface area contributed by atoms with Gasteiger partial charge >= 0.3 is 0 Å². The van der Waals surface area contributed by atoms with Crippen molar-refractivity contribution in [2.75, 3.05) is 0 Å². The van der Waals surface area contributed by atoms with Gasteiger partial charge in [-0.15, -0.1) is 11.3 Å². The lowest BCUT2D eigenvalue weighted by atomic mass is 10.1. The van der Waals surface area contributed by atoms with E-state index in [4.69, 9.17) is 5.73 Å². The van der Waals surface area contributed by atoms with Gasteiger partial charge < -0.3 is 11.1 Å².